The number of carbonyl (C=O) groups is 1. The number of pyridine rings is 1. The van der Waals surface area contributed by atoms with Crippen LogP contribution >= 0.6 is 0 Å². The Morgan fingerprint density at radius 2 is 2.14 bits per heavy atom. The molecule has 0 saturated carbocycles. The van der Waals surface area contributed by atoms with Gasteiger partial charge in [0.2, 0.25) is 5.88 Å². The molecule has 0 aliphatic carbocycles. The highest BCUT2D eigenvalue weighted by Crippen LogP contribution is 2.37. The molecular formula is C17H26N2O3. The Balaban J connectivity index is 2.22. The van der Waals surface area contributed by atoms with E-state index in [2.05, 4.69) is 4.98 Å². The SMILES string of the molecule is CC(C)Oc1ncccc1[C@H]1CCCN1C(=O)OC(C)(C)C. The van der Waals surface area contributed by atoms with Crippen molar-refractivity contribution in [3.63, 3.8) is 0 Å². The highest BCUT2D eigenvalue weighted by Gasteiger charge is 2.35. The van der Waals surface area contributed by atoms with Crippen LogP contribution in [0, 0.1) is 0 Å². The molecule has 2 heterocycles. The van der Waals surface area contributed by atoms with Crippen molar-refractivity contribution in [1.29, 1.82) is 0 Å². The summed E-state index contributed by atoms with van der Waals surface area (Å²) in [6.45, 7) is 10.3. The van der Waals surface area contributed by atoms with Gasteiger partial charge in [0.25, 0.3) is 0 Å². The molecule has 0 aromatic carbocycles. The summed E-state index contributed by atoms with van der Waals surface area (Å²) in [5, 5.41) is 0. The molecule has 0 unspecified atom stereocenters. The lowest BCUT2D eigenvalue weighted by molar-refractivity contribution is 0.0222. The van der Waals surface area contributed by atoms with Gasteiger partial charge in [0.05, 0.1) is 12.1 Å². The minimum Gasteiger partial charge on any atom is -0.475 e. The maximum atomic E-state index is 12.4. The second-order valence-electron chi connectivity index (χ2n) is 6.90. The molecule has 0 radical (unpaired) electrons. The van der Waals surface area contributed by atoms with Crippen LogP contribution in [0.5, 0.6) is 5.88 Å². The van der Waals surface area contributed by atoms with Crippen LogP contribution in [0.2, 0.25) is 0 Å². The lowest BCUT2D eigenvalue weighted by Gasteiger charge is -2.29. The van der Waals surface area contributed by atoms with Crippen LogP contribution in [-0.4, -0.2) is 34.2 Å². The maximum absolute atomic E-state index is 12.4. The zero-order valence-corrected chi connectivity index (χ0v) is 14.1. The summed E-state index contributed by atoms with van der Waals surface area (Å²) >= 11 is 0. The van der Waals surface area contributed by atoms with Gasteiger partial charge in [-0.2, -0.15) is 0 Å². The number of hydrogen-bond acceptors (Lipinski definition) is 4. The second kappa shape index (κ2) is 6.55. The minimum atomic E-state index is -0.490. The lowest BCUT2D eigenvalue weighted by atomic mass is 10.1. The molecule has 1 aromatic rings. The Morgan fingerprint density at radius 1 is 1.41 bits per heavy atom. The van der Waals surface area contributed by atoms with Crippen LogP contribution in [0.4, 0.5) is 4.79 Å². The Labute approximate surface area is 132 Å². The van der Waals surface area contributed by atoms with Crippen molar-refractivity contribution in [2.75, 3.05) is 6.54 Å². The first-order chi connectivity index (χ1) is 10.3. The molecule has 122 valence electrons. The molecule has 0 spiro atoms. The standard InChI is InChI=1S/C17H26N2O3/c1-12(2)21-15-13(8-6-10-18-15)14-9-7-11-19(14)16(20)22-17(3,4)5/h6,8,10,12,14H,7,9,11H2,1-5H3/t14-/m1/s1. The van der Waals surface area contributed by atoms with Gasteiger partial charge < -0.3 is 14.4 Å². The highest BCUT2D eigenvalue weighted by atomic mass is 16.6. The molecule has 1 aliphatic rings. The largest absolute Gasteiger partial charge is 0.475 e. The van der Waals surface area contributed by atoms with Gasteiger partial charge in [-0.25, -0.2) is 9.78 Å². The predicted molar refractivity (Wildman–Crippen MR) is 84.9 cm³/mol. The molecule has 1 aromatic heterocycles. The van der Waals surface area contributed by atoms with E-state index in [9.17, 15) is 4.79 Å². The van der Waals surface area contributed by atoms with Gasteiger partial charge in [-0.05, 0) is 53.5 Å². The van der Waals surface area contributed by atoms with E-state index in [0.29, 0.717) is 12.4 Å². The quantitative estimate of drug-likeness (QED) is 0.848. The molecular weight excluding hydrogens is 280 g/mol. The van der Waals surface area contributed by atoms with Crippen LogP contribution in [0.25, 0.3) is 0 Å². The number of aromatic nitrogens is 1. The fourth-order valence-corrected chi connectivity index (χ4v) is 2.61. The van der Waals surface area contributed by atoms with Crippen LogP contribution < -0.4 is 4.74 Å². The molecule has 22 heavy (non-hydrogen) atoms. The zero-order chi connectivity index (χ0) is 16.3. The summed E-state index contributed by atoms with van der Waals surface area (Å²) in [7, 11) is 0. The summed E-state index contributed by atoms with van der Waals surface area (Å²) in [6.07, 6.45) is 3.35. The van der Waals surface area contributed by atoms with Crippen molar-refractivity contribution in [2.45, 2.75) is 65.2 Å². The average molecular weight is 306 g/mol. The van der Waals surface area contributed by atoms with E-state index >= 15 is 0 Å². The van der Waals surface area contributed by atoms with Gasteiger partial charge in [0.1, 0.15) is 5.60 Å². The number of nitrogens with zero attached hydrogens (tertiary/aromatic N) is 2. The van der Waals surface area contributed by atoms with Crippen LogP contribution in [0.1, 0.15) is 59.1 Å². The van der Waals surface area contributed by atoms with E-state index in [1.54, 1.807) is 11.1 Å². The van der Waals surface area contributed by atoms with Gasteiger partial charge in [-0.1, -0.05) is 6.07 Å². The summed E-state index contributed by atoms with van der Waals surface area (Å²) in [5.41, 5.74) is 0.468. The summed E-state index contributed by atoms with van der Waals surface area (Å²) in [6, 6.07) is 3.84. The van der Waals surface area contributed by atoms with Crippen molar-refractivity contribution in [2.24, 2.45) is 0 Å². The van der Waals surface area contributed by atoms with E-state index in [0.717, 1.165) is 18.4 Å². The van der Waals surface area contributed by atoms with Gasteiger partial charge in [0.15, 0.2) is 0 Å². The monoisotopic (exact) mass is 306 g/mol. The third-order valence-electron chi connectivity index (χ3n) is 3.39. The molecule has 1 atom stereocenters. The van der Waals surface area contributed by atoms with Crippen molar-refractivity contribution < 1.29 is 14.3 Å². The molecule has 1 fully saturated rings. The predicted octanol–water partition coefficient (Wildman–Crippen LogP) is 3.94. The summed E-state index contributed by atoms with van der Waals surface area (Å²) in [4.78, 5) is 18.5. The van der Waals surface area contributed by atoms with Crippen molar-refractivity contribution in [3.05, 3.63) is 23.9 Å². The van der Waals surface area contributed by atoms with Gasteiger partial charge >= 0.3 is 6.09 Å². The Hall–Kier alpha value is -1.78. The fourth-order valence-electron chi connectivity index (χ4n) is 2.61. The van der Waals surface area contributed by atoms with Crippen LogP contribution in [0.15, 0.2) is 18.3 Å². The molecule has 0 bridgehead atoms. The minimum absolute atomic E-state index is 0.0303. The number of likely N-dealkylation sites (tertiary alicyclic amines) is 1. The maximum Gasteiger partial charge on any atom is 0.410 e. The first-order valence-corrected chi connectivity index (χ1v) is 7.89. The Bertz CT molecular complexity index is 523. The lowest BCUT2D eigenvalue weighted by Crippen LogP contribution is -2.36. The fraction of sp³-hybridized carbons (Fsp3) is 0.647. The van der Waals surface area contributed by atoms with Crippen LogP contribution in [0.3, 0.4) is 0 Å². The molecule has 0 N–H and O–H groups in total. The number of rotatable bonds is 3. The third-order valence-corrected chi connectivity index (χ3v) is 3.39. The highest BCUT2D eigenvalue weighted by molar-refractivity contribution is 5.69. The zero-order valence-electron chi connectivity index (χ0n) is 14.1. The van der Waals surface area contributed by atoms with E-state index in [-0.39, 0.29) is 18.2 Å². The number of amides is 1. The van der Waals surface area contributed by atoms with E-state index < -0.39 is 5.60 Å². The average Bonchev–Trinajstić information content (AvgIpc) is 2.85. The normalized spacial score (nSPS) is 18.6. The molecule has 5 heteroatoms. The summed E-state index contributed by atoms with van der Waals surface area (Å²) < 4.78 is 11.3. The van der Waals surface area contributed by atoms with Gasteiger partial charge in [-0.15, -0.1) is 0 Å². The Kier molecular flexibility index (Phi) is 4.94. The van der Waals surface area contributed by atoms with Crippen molar-refractivity contribution in [1.82, 2.24) is 9.88 Å². The first kappa shape index (κ1) is 16.6. The molecule has 1 saturated heterocycles. The van der Waals surface area contributed by atoms with E-state index in [1.165, 1.54) is 0 Å². The smallest absolute Gasteiger partial charge is 0.410 e. The number of ether oxygens (including phenoxy) is 2. The van der Waals surface area contributed by atoms with Gasteiger partial charge in [-0.3, -0.25) is 0 Å². The number of carbonyl (C=O) groups excluding carboxylic acids is 1. The molecule has 1 aliphatic heterocycles. The van der Waals surface area contributed by atoms with E-state index in [1.807, 2.05) is 46.8 Å². The van der Waals surface area contributed by atoms with Gasteiger partial charge in [0, 0.05) is 18.3 Å². The van der Waals surface area contributed by atoms with Crippen LogP contribution in [-0.2, 0) is 4.74 Å². The number of hydrogen-bond donors (Lipinski definition) is 0. The van der Waals surface area contributed by atoms with E-state index in [4.69, 9.17) is 9.47 Å². The molecule has 1 amide bonds. The van der Waals surface area contributed by atoms with Crippen molar-refractivity contribution in [3.8, 4) is 5.88 Å². The Morgan fingerprint density at radius 3 is 2.77 bits per heavy atom. The topological polar surface area (TPSA) is 51.7 Å². The molecule has 5 nitrogen and oxygen atoms in total. The molecule has 2 rings (SSSR count). The second-order valence-corrected chi connectivity index (χ2v) is 6.90. The third kappa shape index (κ3) is 4.12. The summed E-state index contributed by atoms with van der Waals surface area (Å²) in [5.74, 6) is 0.609. The van der Waals surface area contributed by atoms with Crippen molar-refractivity contribution >= 4 is 6.09 Å². The first-order valence-electron chi connectivity index (χ1n) is 7.89.